The van der Waals surface area contributed by atoms with Gasteiger partial charge in [-0.3, -0.25) is 4.98 Å². The van der Waals surface area contributed by atoms with Crippen LogP contribution in [0.15, 0.2) is 18.2 Å². The number of aryl methyl sites for hydroxylation is 1. The Morgan fingerprint density at radius 1 is 1.24 bits per heavy atom. The van der Waals surface area contributed by atoms with Gasteiger partial charge >= 0.3 is 0 Å². The Kier molecular flexibility index (Phi) is 4.39. The van der Waals surface area contributed by atoms with E-state index in [0.29, 0.717) is 6.61 Å². The monoisotopic (exact) mass is 284 g/mol. The second-order valence-corrected chi connectivity index (χ2v) is 5.74. The Hall–Kier alpha value is -1.61. The van der Waals surface area contributed by atoms with Crippen LogP contribution in [-0.4, -0.2) is 18.1 Å². The predicted molar refractivity (Wildman–Crippen MR) is 87.9 cm³/mol. The molecule has 1 aromatic carbocycles. The van der Waals surface area contributed by atoms with Crippen LogP contribution < -0.4 is 5.32 Å². The third kappa shape index (κ3) is 2.88. The molecule has 1 aliphatic heterocycles. The third-order valence-corrected chi connectivity index (χ3v) is 4.06. The average Bonchev–Trinajstić information content (AvgIpc) is 2.52. The fourth-order valence-electron chi connectivity index (χ4n) is 3.00. The van der Waals surface area contributed by atoms with Crippen molar-refractivity contribution in [1.82, 2.24) is 4.98 Å². The molecule has 0 fully saturated rings. The Labute approximate surface area is 126 Å². The summed E-state index contributed by atoms with van der Waals surface area (Å²) in [5, 5.41) is 4.86. The molecule has 3 heteroatoms. The SMILES string of the molecule is CCCNc1c2c(nc3ccc(CCC)cc13)CCOC2. The number of nitrogens with one attached hydrogen (secondary N) is 1. The average molecular weight is 284 g/mol. The van der Waals surface area contributed by atoms with Gasteiger partial charge in [0.25, 0.3) is 0 Å². The van der Waals surface area contributed by atoms with Crippen LogP contribution in [0.5, 0.6) is 0 Å². The molecule has 112 valence electrons. The Bertz CT molecular complexity index is 637. The van der Waals surface area contributed by atoms with Crippen LogP contribution in [0.1, 0.15) is 43.5 Å². The van der Waals surface area contributed by atoms with Gasteiger partial charge in [0.05, 0.1) is 30.1 Å². The molecule has 21 heavy (non-hydrogen) atoms. The number of aromatic nitrogens is 1. The molecule has 0 spiro atoms. The van der Waals surface area contributed by atoms with Crippen molar-refractivity contribution in [3.63, 3.8) is 0 Å². The molecule has 3 rings (SSSR count). The lowest BCUT2D eigenvalue weighted by atomic mass is 10.00. The van der Waals surface area contributed by atoms with E-state index in [1.165, 1.54) is 34.3 Å². The van der Waals surface area contributed by atoms with Crippen LogP contribution in [0.3, 0.4) is 0 Å². The van der Waals surface area contributed by atoms with E-state index in [9.17, 15) is 0 Å². The Morgan fingerprint density at radius 2 is 2.14 bits per heavy atom. The minimum absolute atomic E-state index is 0.683. The van der Waals surface area contributed by atoms with Crippen molar-refractivity contribution < 1.29 is 4.74 Å². The fraction of sp³-hybridized carbons (Fsp3) is 0.500. The summed E-state index contributed by atoms with van der Waals surface area (Å²) in [7, 11) is 0. The Balaban J connectivity index is 2.15. The van der Waals surface area contributed by atoms with E-state index in [2.05, 4.69) is 37.4 Å². The molecule has 0 saturated carbocycles. The third-order valence-electron chi connectivity index (χ3n) is 4.06. The standard InChI is InChI=1S/C18H24N2O/c1-3-5-13-6-7-16-14(11-13)18(19-9-4-2)15-12-21-10-8-17(15)20-16/h6-7,11H,3-5,8-10,12H2,1-2H3,(H,19,20). The highest BCUT2D eigenvalue weighted by Gasteiger charge is 2.18. The summed E-state index contributed by atoms with van der Waals surface area (Å²) in [5.41, 5.74) is 6.21. The molecule has 0 unspecified atom stereocenters. The smallest absolute Gasteiger partial charge is 0.0755 e. The maximum absolute atomic E-state index is 5.66. The zero-order valence-corrected chi connectivity index (χ0v) is 13.0. The second-order valence-electron chi connectivity index (χ2n) is 5.74. The summed E-state index contributed by atoms with van der Waals surface area (Å²) in [4.78, 5) is 4.87. The topological polar surface area (TPSA) is 34.2 Å². The molecule has 0 bridgehead atoms. The summed E-state index contributed by atoms with van der Waals surface area (Å²) in [6.07, 6.45) is 4.33. The first-order valence-electron chi connectivity index (χ1n) is 8.09. The largest absolute Gasteiger partial charge is 0.384 e. The molecular weight excluding hydrogens is 260 g/mol. The van der Waals surface area contributed by atoms with Crippen molar-refractivity contribution in [1.29, 1.82) is 0 Å². The molecular formula is C18H24N2O. The Morgan fingerprint density at radius 3 is 2.95 bits per heavy atom. The zero-order chi connectivity index (χ0) is 14.7. The first kappa shape index (κ1) is 14.3. The molecule has 0 atom stereocenters. The molecule has 0 aliphatic carbocycles. The molecule has 3 nitrogen and oxygen atoms in total. The minimum atomic E-state index is 0.683. The van der Waals surface area contributed by atoms with Gasteiger partial charge in [-0.2, -0.15) is 0 Å². The number of rotatable bonds is 5. The van der Waals surface area contributed by atoms with E-state index in [-0.39, 0.29) is 0 Å². The predicted octanol–water partition coefficient (Wildman–Crippen LogP) is 4.08. The number of benzene rings is 1. The highest BCUT2D eigenvalue weighted by Crippen LogP contribution is 2.32. The van der Waals surface area contributed by atoms with Gasteiger partial charge in [-0.15, -0.1) is 0 Å². The maximum Gasteiger partial charge on any atom is 0.0755 e. The lowest BCUT2D eigenvalue weighted by Crippen LogP contribution is -2.16. The molecule has 1 aromatic heterocycles. The van der Waals surface area contributed by atoms with Crippen molar-refractivity contribution >= 4 is 16.6 Å². The van der Waals surface area contributed by atoms with Crippen LogP contribution in [0, 0.1) is 0 Å². The molecule has 1 N–H and O–H groups in total. The highest BCUT2D eigenvalue weighted by molar-refractivity contribution is 5.94. The number of nitrogens with zero attached hydrogens (tertiary/aromatic N) is 1. The summed E-state index contributed by atoms with van der Waals surface area (Å²) in [6.45, 7) is 6.87. The van der Waals surface area contributed by atoms with Crippen molar-refractivity contribution in [3.05, 3.63) is 35.0 Å². The number of hydrogen-bond acceptors (Lipinski definition) is 3. The van der Waals surface area contributed by atoms with E-state index < -0.39 is 0 Å². The minimum Gasteiger partial charge on any atom is -0.384 e. The van der Waals surface area contributed by atoms with Gasteiger partial charge in [-0.05, 0) is 30.5 Å². The van der Waals surface area contributed by atoms with E-state index in [1.54, 1.807) is 0 Å². The van der Waals surface area contributed by atoms with Crippen LogP contribution in [0.4, 0.5) is 5.69 Å². The van der Waals surface area contributed by atoms with Crippen LogP contribution >= 0.6 is 0 Å². The van der Waals surface area contributed by atoms with Gasteiger partial charge in [-0.25, -0.2) is 0 Å². The highest BCUT2D eigenvalue weighted by atomic mass is 16.5. The van der Waals surface area contributed by atoms with Crippen molar-refractivity contribution in [3.8, 4) is 0 Å². The first-order valence-corrected chi connectivity index (χ1v) is 8.09. The van der Waals surface area contributed by atoms with Crippen LogP contribution in [0.25, 0.3) is 10.9 Å². The van der Waals surface area contributed by atoms with Gasteiger partial charge in [0, 0.05) is 23.9 Å². The quantitative estimate of drug-likeness (QED) is 0.898. The molecule has 1 aliphatic rings. The number of fused-ring (bicyclic) bond motifs is 2. The van der Waals surface area contributed by atoms with Crippen molar-refractivity contribution in [2.24, 2.45) is 0 Å². The maximum atomic E-state index is 5.66. The number of pyridine rings is 1. The summed E-state index contributed by atoms with van der Waals surface area (Å²) < 4.78 is 5.66. The van der Waals surface area contributed by atoms with Gasteiger partial charge in [0.2, 0.25) is 0 Å². The normalized spacial score (nSPS) is 14.2. The van der Waals surface area contributed by atoms with E-state index in [1.807, 2.05) is 0 Å². The molecule has 0 saturated heterocycles. The van der Waals surface area contributed by atoms with Crippen LogP contribution in [-0.2, 0) is 24.2 Å². The van der Waals surface area contributed by atoms with Gasteiger partial charge < -0.3 is 10.1 Å². The van der Waals surface area contributed by atoms with Gasteiger partial charge in [-0.1, -0.05) is 26.3 Å². The lowest BCUT2D eigenvalue weighted by molar-refractivity contribution is 0.110. The fourth-order valence-corrected chi connectivity index (χ4v) is 3.00. The van der Waals surface area contributed by atoms with Gasteiger partial charge in [0.1, 0.15) is 0 Å². The summed E-state index contributed by atoms with van der Waals surface area (Å²) in [6, 6.07) is 6.69. The van der Waals surface area contributed by atoms with E-state index in [0.717, 1.165) is 37.9 Å². The number of anilines is 1. The summed E-state index contributed by atoms with van der Waals surface area (Å²) >= 11 is 0. The summed E-state index contributed by atoms with van der Waals surface area (Å²) in [5.74, 6) is 0. The van der Waals surface area contributed by atoms with E-state index >= 15 is 0 Å². The first-order chi connectivity index (χ1) is 10.3. The van der Waals surface area contributed by atoms with Crippen LogP contribution in [0.2, 0.25) is 0 Å². The number of ether oxygens (including phenoxy) is 1. The van der Waals surface area contributed by atoms with Crippen molar-refractivity contribution in [2.75, 3.05) is 18.5 Å². The molecule has 2 aromatic rings. The van der Waals surface area contributed by atoms with Crippen molar-refractivity contribution in [2.45, 2.75) is 46.1 Å². The zero-order valence-electron chi connectivity index (χ0n) is 13.0. The second kappa shape index (κ2) is 6.44. The number of hydrogen-bond donors (Lipinski definition) is 1. The molecule has 2 heterocycles. The molecule has 0 amide bonds. The van der Waals surface area contributed by atoms with E-state index in [4.69, 9.17) is 9.72 Å². The lowest BCUT2D eigenvalue weighted by Gasteiger charge is -2.22. The molecule has 0 radical (unpaired) electrons. The van der Waals surface area contributed by atoms with Gasteiger partial charge in [0.15, 0.2) is 0 Å².